The molecule has 0 aliphatic heterocycles. The zero-order valence-corrected chi connectivity index (χ0v) is 25.8. The molecule has 0 radical (unpaired) electrons. The number of aryl methyl sites for hydroxylation is 1. The number of azo groups is 2. The predicted octanol–water partition coefficient (Wildman–Crippen LogP) is 4.25. The first-order valence-electron chi connectivity index (χ1n) is 12.4. The normalized spacial score (nSPS) is 11.7. The summed E-state index contributed by atoms with van der Waals surface area (Å²) in [5.74, 6) is -1.87. The summed E-state index contributed by atoms with van der Waals surface area (Å²) in [4.78, 5) is 11.0. The van der Waals surface area contributed by atoms with Crippen LogP contribution in [0, 0.1) is 6.92 Å². The van der Waals surface area contributed by atoms with E-state index >= 15 is 0 Å². The third-order valence-electron chi connectivity index (χ3n) is 6.42. The molecule has 43 heavy (non-hydrogen) atoms. The fourth-order valence-corrected chi connectivity index (χ4v) is 5.00. The van der Waals surface area contributed by atoms with Gasteiger partial charge in [0.05, 0.1) is 28.3 Å². The number of anilines is 1. The second-order valence-electron chi connectivity index (χ2n) is 9.27. The summed E-state index contributed by atoms with van der Waals surface area (Å²) in [6, 6.07) is 24.7. The zero-order chi connectivity index (χ0) is 30.0. The number of carboxylic acid groups (broad SMARTS) is 1. The number of hydrogen-bond donors (Lipinski definition) is 3. The van der Waals surface area contributed by atoms with E-state index in [9.17, 15) is 28.0 Å². The molecule has 11 nitrogen and oxygen atoms in total. The van der Waals surface area contributed by atoms with E-state index in [1.54, 1.807) is 48.5 Å². The molecule has 4 N–H and O–H groups in total. The second kappa shape index (κ2) is 12.8. The molecular formula is C30H22N5NaO6S. The van der Waals surface area contributed by atoms with Gasteiger partial charge in [0.2, 0.25) is 0 Å². The Balaban J connectivity index is 0.00000423. The van der Waals surface area contributed by atoms with Gasteiger partial charge in [-0.15, -0.1) is 5.11 Å². The van der Waals surface area contributed by atoms with Gasteiger partial charge in [0, 0.05) is 10.8 Å². The molecular weight excluding hydrogens is 581 g/mol. The summed E-state index contributed by atoms with van der Waals surface area (Å²) in [6.45, 7) is 1.52. The van der Waals surface area contributed by atoms with Crippen molar-refractivity contribution in [1.29, 1.82) is 0 Å². The van der Waals surface area contributed by atoms with Gasteiger partial charge >= 0.3 is 35.5 Å². The molecule has 0 spiro atoms. The topological polar surface area (TPSA) is 190 Å². The number of nitrogen functional groups attached to an aromatic ring is 1. The van der Waals surface area contributed by atoms with Crippen LogP contribution in [0.5, 0.6) is 5.75 Å². The molecule has 0 saturated heterocycles. The van der Waals surface area contributed by atoms with Gasteiger partial charge in [0.1, 0.15) is 10.6 Å². The maximum Gasteiger partial charge on any atom is 1.00 e. The van der Waals surface area contributed by atoms with Crippen molar-refractivity contribution in [3.63, 3.8) is 0 Å². The van der Waals surface area contributed by atoms with Gasteiger partial charge in [0.25, 0.3) is 10.1 Å². The summed E-state index contributed by atoms with van der Waals surface area (Å²) in [7, 11) is -4.52. The molecule has 0 aliphatic rings. The van der Waals surface area contributed by atoms with Crippen molar-refractivity contribution >= 4 is 55.3 Å². The minimum absolute atomic E-state index is 0. The number of nitrogens with two attached hydrogens (primary N) is 1. The number of aromatic carboxylic acids is 1. The van der Waals surface area contributed by atoms with E-state index in [1.165, 1.54) is 25.1 Å². The zero-order valence-electron chi connectivity index (χ0n) is 23.0. The molecule has 0 bridgehead atoms. The predicted molar refractivity (Wildman–Crippen MR) is 156 cm³/mol. The Labute approximate surface area is 268 Å². The van der Waals surface area contributed by atoms with Gasteiger partial charge in [-0.1, -0.05) is 59.8 Å². The second-order valence-corrected chi connectivity index (χ2v) is 10.7. The Kier molecular flexibility index (Phi) is 9.38. The molecule has 210 valence electrons. The van der Waals surface area contributed by atoms with Gasteiger partial charge < -0.3 is 15.9 Å². The maximum absolute atomic E-state index is 11.9. The van der Waals surface area contributed by atoms with Crippen molar-refractivity contribution in [2.75, 3.05) is 5.73 Å². The molecule has 0 atom stereocenters. The van der Waals surface area contributed by atoms with Gasteiger partial charge in [0.15, 0.2) is 0 Å². The average Bonchev–Trinajstić information content (AvgIpc) is 2.97. The maximum atomic E-state index is 11.9. The summed E-state index contributed by atoms with van der Waals surface area (Å²) < 4.78 is 33.6. The standard InChI is InChI=1S/C30H23N5O6S.Na/c1-17-14-22(15-25(29(17)36)30(37)38)34-32-20-10-6-18(7-11-20)19-8-12-21(13-9-19)33-35-26-16-27(42(39,40)41)23-4-2-3-5-24(23)28(26)31;/h2-16,36H,31H2,1H3,(H,37,38)(H,39,40,41);/q;+1/p-1. The largest absolute Gasteiger partial charge is 1.00 e. The van der Waals surface area contributed by atoms with Crippen LogP contribution in [0.3, 0.4) is 0 Å². The molecule has 0 aliphatic carbocycles. The molecule has 13 heteroatoms. The molecule has 0 fully saturated rings. The smallest absolute Gasteiger partial charge is 0.872 e. The fraction of sp³-hybridized carbons (Fsp3) is 0.0333. The average molecular weight is 604 g/mol. The molecule has 0 amide bonds. The van der Waals surface area contributed by atoms with Gasteiger partial charge in [-0.05, 0) is 60.5 Å². The van der Waals surface area contributed by atoms with Crippen molar-refractivity contribution in [3.8, 4) is 16.9 Å². The molecule has 0 aromatic heterocycles. The summed E-state index contributed by atoms with van der Waals surface area (Å²) in [6.07, 6.45) is 0. The molecule has 0 saturated carbocycles. The molecule has 5 aromatic carbocycles. The van der Waals surface area contributed by atoms with Crippen molar-refractivity contribution in [3.05, 3.63) is 102 Å². The minimum Gasteiger partial charge on any atom is -0.872 e. The molecule has 0 unspecified atom stereocenters. The van der Waals surface area contributed by atoms with E-state index in [4.69, 9.17) is 5.73 Å². The van der Waals surface area contributed by atoms with Crippen LogP contribution in [0.25, 0.3) is 21.9 Å². The van der Waals surface area contributed by atoms with Crippen LogP contribution in [0.1, 0.15) is 15.9 Å². The van der Waals surface area contributed by atoms with Gasteiger partial charge in [-0.3, -0.25) is 4.55 Å². The van der Waals surface area contributed by atoms with Crippen molar-refractivity contribution in [2.45, 2.75) is 11.8 Å². The van der Waals surface area contributed by atoms with Gasteiger partial charge in [-0.2, -0.15) is 23.8 Å². The van der Waals surface area contributed by atoms with E-state index < -0.39 is 21.8 Å². The van der Waals surface area contributed by atoms with Crippen molar-refractivity contribution < 1.29 is 57.5 Å². The summed E-state index contributed by atoms with van der Waals surface area (Å²) >= 11 is 0. The number of carbonyl (C=O) groups is 1. The number of hydrogen-bond acceptors (Lipinski definition) is 9. The van der Waals surface area contributed by atoms with Crippen LogP contribution in [-0.2, 0) is 10.1 Å². The number of benzene rings is 5. The van der Waals surface area contributed by atoms with E-state index in [1.807, 2.05) is 24.3 Å². The van der Waals surface area contributed by atoms with Crippen LogP contribution < -0.4 is 40.4 Å². The number of rotatable bonds is 7. The van der Waals surface area contributed by atoms with E-state index in [-0.39, 0.29) is 68.0 Å². The Morgan fingerprint density at radius 1 is 0.767 bits per heavy atom. The van der Waals surface area contributed by atoms with Crippen LogP contribution in [0.2, 0.25) is 0 Å². The fourth-order valence-electron chi connectivity index (χ4n) is 4.29. The molecule has 5 rings (SSSR count). The Bertz CT molecular complexity index is 2010. The van der Waals surface area contributed by atoms with E-state index in [0.717, 1.165) is 11.1 Å². The van der Waals surface area contributed by atoms with Crippen LogP contribution in [-0.4, -0.2) is 24.0 Å². The van der Waals surface area contributed by atoms with Crippen molar-refractivity contribution in [1.82, 2.24) is 0 Å². The Hall–Kier alpha value is -4.46. The Morgan fingerprint density at radius 2 is 1.28 bits per heavy atom. The molecule has 0 heterocycles. The first-order valence-corrected chi connectivity index (χ1v) is 13.8. The number of nitrogens with zero attached hydrogens (tertiary/aromatic N) is 4. The monoisotopic (exact) mass is 603 g/mol. The van der Waals surface area contributed by atoms with Gasteiger partial charge in [-0.25, -0.2) is 4.79 Å². The summed E-state index contributed by atoms with van der Waals surface area (Å²) in [5, 5.41) is 38.4. The third-order valence-corrected chi connectivity index (χ3v) is 7.31. The molecule has 5 aromatic rings. The number of fused-ring (bicyclic) bond motifs is 1. The van der Waals surface area contributed by atoms with E-state index in [2.05, 4.69) is 20.5 Å². The van der Waals surface area contributed by atoms with E-state index in [0.29, 0.717) is 16.8 Å². The number of carboxylic acids is 1. The SMILES string of the molecule is Cc1cc(N=Nc2ccc(-c3ccc(N=Nc4cc(S(=O)(=O)O)c5ccccc5c4N)cc3)cc2)cc(C(=O)O)c1[O-].[Na+]. The summed E-state index contributed by atoms with van der Waals surface area (Å²) in [5.41, 5.74) is 9.51. The van der Waals surface area contributed by atoms with Crippen LogP contribution >= 0.6 is 0 Å². The quantitative estimate of drug-likeness (QED) is 0.107. The minimum atomic E-state index is -4.52. The van der Waals surface area contributed by atoms with Crippen molar-refractivity contribution in [2.24, 2.45) is 20.5 Å². The third kappa shape index (κ3) is 6.96. The first kappa shape index (κ1) is 31.5. The first-order chi connectivity index (χ1) is 20.0. The Morgan fingerprint density at radius 3 is 1.81 bits per heavy atom. The van der Waals surface area contributed by atoms with Crippen LogP contribution in [0.15, 0.2) is 116 Å². The van der Waals surface area contributed by atoms with Crippen LogP contribution in [0.4, 0.5) is 28.4 Å².